The normalized spacial score (nSPS) is 12.0. The van der Waals surface area contributed by atoms with E-state index in [1.165, 1.54) is 18.7 Å². The molecule has 0 radical (unpaired) electrons. The Labute approximate surface area is 178 Å². The first-order valence-electron chi connectivity index (χ1n) is 9.44. The number of benzene rings is 2. The quantitative estimate of drug-likeness (QED) is 0.337. The standard InChI is InChI=1S/C22H23N3O4S/c1-14(12-29-3)25-21(28)18-6-4-5-7-19(18)24-22(25)30-13-20(27)23-17-10-8-16(9-11-17)15(2)26/h4-11,14H,12-13H2,1-3H3,(H,23,27)/t14-/m1/s1. The first-order valence-corrected chi connectivity index (χ1v) is 10.4. The number of anilines is 1. The van der Waals surface area contributed by atoms with E-state index in [1.54, 1.807) is 54.1 Å². The van der Waals surface area contributed by atoms with E-state index in [2.05, 4.69) is 10.3 Å². The Balaban J connectivity index is 1.80. The van der Waals surface area contributed by atoms with Gasteiger partial charge in [-0.05, 0) is 50.2 Å². The van der Waals surface area contributed by atoms with Gasteiger partial charge in [0.25, 0.3) is 5.56 Å². The van der Waals surface area contributed by atoms with Gasteiger partial charge in [0.2, 0.25) is 5.91 Å². The molecule has 0 saturated carbocycles. The molecule has 0 aliphatic rings. The maximum absolute atomic E-state index is 13.0. The van der Waals surface area contributed by atoms with Gasteiger partial charge in [0.1, 0.15) is 0 Å². The number of para-hydroxylation sites is 1. The second-order valence-corrected chi connectivity index (χ2v) is 7.80. The molecule has 0 aliphatic heterocycles. The molecule has 30 heavy (non-hydrogen) atoms. The summed E-state index contributed by atoms with van der Waals surface area (Å²) < 4.78 is 6.79. The topological polar surface area (TPSA) is 90.3 Å². The summed E-state index contributed by atoms with van der Waals surface area (Å²) in [6.07, 6.45) is 0. The first-order chi connectivity index (χ1) is 14.4. The predicted molar refractivity (Wildman–Crippen MR) is 118 cm³/mol. The van der Waals surface area contributed by atoms with Crippen molar-refractivity contribution in [1.29, 1.82) is 0 Å². The Morgan fingerprint density at radius 1 is 1.17 bits per heavy atom. The van der Waals surface area contributed by atoms with Crippen molar-refractivity contribution in [2.45, 2.75) is 25.0 Å². The minimum Gasteiger partial charge on any atom is -0.383 e. The van der Waals surface area contributed by atoms with Crippen LogP contribution in [0.5, 0.6) is 0 Å². The van der Waals surface area contributed by atoms with Gasteiger partial charge in [-0.1, -0.05) is 23.9 Å². The molecule has 1 heterocycles. The summed E-state index contributed by atoms with van der Waals surface area (Å²) in [4.78, 5) is 41.4. The Morgan fingerprint density at radius 3 is 2.53 bits per heavy atom. The molecular weight excluding hydrogens is 402 g/mol. The number of amides is 1. The molecular formula is C22H23N3O4S. The van der Waals surface area contributed by atoms with E-state index in [4.69, 9.17) is 4.74 Å². The van der Waals surface area contributed by atoms with Crippen LogP contribution in [0.25, 0.3) is 10.9 Å². The number of fused-ring (bicyclic) bond motifs is 1. The number of thioether (sulfide) groups is 1. The fourth-order valence-corrected chi connectivity index (χ4v) is 3.94. The highest BCUT2D eigenvalue weighted by atomic mass is 32.2. The van der Waals surface area contributed by atoms with Crippen molar-refractivity contribution in [2.75, 3.05) is 24.8 Å². The zero-order chi connectivity index (χ0) is 21.7. The van der Waals surface area contributed by atoms with Gasteiger partial charge in [0.05, 0.1) is 29.3 Å². The maximum atomic E-state index is 13.0. The van der Waals surface area contributed by atoms with Gasteiger partial charge in [-0.3, -0.25) is 19.0 Å². The molecule has 1 aromatic heterocycles. The summed E-state index contributed by atoms with van der Waals surface area (Å²) in [5, 5.41) is 3.78. The van der Waals surface area contributed by atoms with Crippen molar-refractivity contribution in [1.82, 2.24) is 9.55 Å². The van der Waals surface area contributed by atoms with Crippen LogP contribution in [0.4, 0.5) is 5.69 Å². The summed E-state index contributed by atoms with van der Waals surface area (Å²) in [5.74, 6) is -0.184. The fraction of sp³-hybridized carbons (Fsp3) is 0.273. The van der Waals surface area contributed by atoms with Gasteiger partial charge in [-0.25, -0.2) is 4.98 Å². The van der Waals surface area contributed by atoms with Crippen molar-refractivity contribution >= 4 is 40.0 Å². The molecule has 0 fully saturated rings. The molecule has 0 spiro atoms. The van der Waals surface area contributed by atoms with E-state index in [0.29, 0.717) is 33.9 Å². The van der Waals surface area contributed by atoms with E-state index < -0.39 is 0 Å². The lowest BCUT2D eigenvalue weighted by Gasteiger charge is -2.18. The third kappa shape index (κ3) is 4.95. The smallest absolute Gasteiger partial charge is 0.262 e. The molecule has 0 saturated heterocycles. The average molecular weight is 426 g/mol. The number of hydrogen-bond donors (Lipinski definition) is 1. The maximum Gasteiger partial charge on any atom is 0.262 e. The molecule has 7 nitrogen and oxygen atoms in total. The minimum atomic E-state index is -0.232. The van der Waals surface area contributed by atoms with Crippen LogP contribution < -0.4 is 10.9 Å². The monoisotopic (exact) mass is 425 g/mol. The van der Waals surface area contributed by atoms with Gasteiger partial charge < -0.3 is 10.1 Å². The lowest BCUT2D eigenvalue weighted by atomic mass is 10.1. The summed E-state index contributed by atoms with van der Waals surface area (Å²) in [6.45, 7) is 3.72. The van der Waals surface area contributed by atoms with Crippen LogP contribution in [0.3, 0.4) is 0 Å². The number of hydrogen-bond acceptors (Lipinski definition) is 6. The number of Topliss-reactive ketones (excluding diaryl/α,β-unsaturated/α-hetero) is 1. The van der Waals surface area contributed by atoms with Crippen molar-refractivity contribution in [3.63, 3.8) is 0 Å². The predicted octanol–water partition coefficient (Wildman–Crippen LogP) is 3.54. The number of methoxy groups -OCH3 is 1. The molecule has 1 N–H and O–H groups in total. The SMILES string of the molecule is COC[C@@H](C)n1c(SCC(=O)Nc2ccc(C(C)=O)cc2)nc2ccccc2c1=O. The number of ether oxygens (including phenoxy) is 1. The highest BCUT2D eigenvalue weighted by Crippen LogP contribution is 2.21. The second kappa shape index (κ2) is 9.69. The van der Waals surface area contributed by atoms with Crippen LogP contribution in [0.15, 0.2) is 58.5 Å². The number of ketones is 1. The lowest BCUT2D eigenvalue weighted by Crippen LogP contribution is -2.29. The fourth-order valence-electron chi connectivity index (χ4n) is 3.05. The van der Waals surface area contributed by atoms with Crippen LogP contribution in [0.1, 0.15) is 30.2 Å². The van der Waals surface area contributed by atoms with Crippen molar-refractivity contribution < 1.29 is 14.3 Å². The summed E-state index contributed by atoms with van der Waals surface area (Å²) >= 11 is 1.20. The minimum absolute atomic E-state index is 0.0334. The molecule has 2 aromatic carbocycles. The number of carbonyl (C=O) groups excluding carboxylic acids is 2. The van der Waals surface area contributed by atoms with E-state index in [9.17, 15) is 14.4 Å². The molecule has 3 rings (SSSR count). The Kier molecular flexibility index (Phi) is 7.02. The van der Waals surface area contributed by atoms with E-state index in [0.717, 1.165) is 0 Å². The van der Waals surface area contributed by atoms with Crippen LogP contribution in [0, 0.1) is 0 Å². The van der Waals surface area contributed by atoms with E-state index in [1.807, 2.05) is 13.0 Å². The zero-order valence-corrected chi connectivity index (χ0v) is 17.9. The number of carbonyl (C=O) groups is 2. The van der Waals surface area contributed by atoms with E-state index in [-0.39, 0.29) is 29.0 Å². The van der Waals surface area contributed by atoms with Crippen LogP contribution in [-0.2, 0) is 9.53 Å². The third-order valence-electron chi connectivity index (χ3n) is 4.53. The lowest BCUT2D eigenvalue weighted by molar-refractivity contribution is -0.113. The van der Waals surface area contributed by atoms with Crippen molar-refractivity contribution in [3.05, 3.63) is 64.4 Å². The first kappa shape index (κ1) is 21.7. The van der Waals surface area contributed by atoms with Crippen LogP contribution in [0.2, 0.25) is 0 Å². The highest BCUT2D eigenvalue weighted by Gasteiger charge is 2.17. The molecule has 1 atom stereocenters. The molecule has 1 amide bonds. The van der Waals surface area contributed by atoms with Crippen molar-refractivity contribution in [3.8, 4) is 0 Å². The summed E-state index contributed by atoms with van der Waals surface area (Å²) in [6, 6.07) is 13.6. The zero-order valence-electron chi connectivity index (χ0n) is 17.0. The molecule has 0 aliphatic carbocycles. The molecule has 8 heteroatoms. The Hall–Kier alpha value is -2.97. The van der Waals surface area contributed by atoms with Gasteiger partial charge in [0, 0.05) is 18.4 Å². The van der Waals surface area contributed by atoms with Crippen LogP contribution in [-0.4, -0.2) is 40.7 Å². The molecule has 156 valence electrons. The summed E-state index contributed by atoms with van der Waals surface area (Å²) in [7, 11) is 1.58. The highest BCUT2D eigenvalue weighted by molar-refractivity contribution is 7.99. The van der Waals surface area contributed by atoms with Crippen LogP contribution >= 0.6 is 11.8 Å². The molecule has 3 aromatic rings. The van der Waals surface area contributed by atoms with Crippen molar-refractivity contribution in [2.24, 2.45) is 0 Å². The number of aromatic nitrogens is 2. The largest absolute Gasteiger partial charge is 0.383 e. The average Bonchev–Trinajstić information content (AvgIpc) is 2.73. The van der Waals surface area contributed by atoms with Gasteiger partial charge in [-0.2, -0.15) is 0 Å². The van der Waals surface area contributed by atoms with Gasteiger partial charge >= 0.3 is 0 Å². The third-order valence-corrected chi connectivity index (χ3v) is 5.48. The number of nitrogens with zero attached hydrogens (tertiary/aromatic N) is 2. The van der Waals surface area contributed by atoms with Gasteiger partial charge in [-0.15, -0.1) is 0 Å². The van der Waals surface area contributed by atoms with Gasteiger partial charge in [0.15, 0.2) is 10.9 Å². The molecule has 0 bridgehead atoms. The Bertz CT molecular complexity index is 1130. The number of nitrogens with one attached hydrogen (secondary N) is 1. The second-order valence-electron chi connectivity index (χ2n) is 6.86. The Morgan fingerprint density at radius 2 is 1.87 bits per heavy atom. The number of rotatable bonds is 8. The van der Waals surface area contributed by atoms with E-state index >= 15 is 0 Å². The summed E-state index contributed by atoms with van der Waals surface area (Å²) in [5.41, 5.74) is 1.61. The molecule has 0 unspecified atom stereocenters.